The summed E-state index contributed by atoms with van der Waals surface area (Å²) in [5, 5.41) is 0. The van der Waals surface area contributed by atoms with Crippen molar-refractivity contribution in [1.82, 2.24) is 5.48 Å². The zero-order chi connectivity index (χ0) is 15.5. The lowest BCUT2D eigenvalue weighted by atomic mass is 10.1. The van der Waals surface area contributed by atoms with E-state index in [1.807, 2.05) is 6.07 Å². The molecule has 0 saturated heterocycles. The molecule has 6 heteroatoms. The quantitative estimate of drug-likeness (QED) is 0.885. The zero-order valence-electron chi connectivity index (χ0n) is 11.8. The monoisotopic (exact) mass is 303 g/mol. The minimum absolute atomic E-state index is 0.319. The zero-order valence-corrected chi connectivity index (χ0v) is 11.8. The van der Waals surface area contributed by atoms with Crippen molar-refractivity contribution in [3.05, 3.63) is 54.3 Å². The standard InChI is InChI=1S/C16H14FNO4/c1-10-15(21-14-5-3-2-4-13(14)20-10)16(19)18-22-12-8-6-11(17)7-9-12/h2-10,15H,1H3,(H,18,19). The van der Waals surface area contributed by atoms with E-state index in [9.17, 15) is 9.18 Å². The van der Waals surface area contributed by atoms with Crippen LogP contribution in [0.5, 0.6) is 17.2 Å². The number of rotatable bonds is 3. The largest absolute Gasteiger partial charge is 0.482 e. The third-order valence-corrected chi connectivity index (χ3v) is 3.18. The van der Waals surface area contributed by atoms with Gasteiger partial charge in [-0.05, 0) is 43.3 Å². The summed E-state index contributed by atoms with van der Waals surface area (Å²) in [4.78, 5) is 17.3. The number of hydrogen-bond donors (Lipinski definition) is 1. The van der Waals surface area contributed by atoms with Gasteiger partial charge in [-0.25, -0.2) is 4.39 Å². The molecule has 5 nitrogen and oxygen atoms in total. The predicted octanol–water partition coefficient (Wildman–Crippen LogP) is 2.46. The van der Waals surface area contributed by atoms with E-state index in [0.29, 0.717) is 17.2 Å². The van der Waals surface area contributed by atoms with Gasteiger partial charge in [-0.15, -0.1) is 0 Å². The number of carbonyl (C=O) groups excluding carboxylic acids is 1. The van der Waals surface area contributed by atoms with E-state index >= 15 is 0 Å². The molecule has 2 aromatic rings. The third kappa shape index (κ3) is 2.95. The maximum Gasteiger partial charge on any atom is 0.297 e. The van der Waals surface area contributed by atoms with E-state index in [1.165, 1.54) is 24.3 Å². The van der Waals surface area contributed by atoms with Crippen LogP contribution < -0.4 is 19.8 Å². The molecule has 2 unspecified atom stereocenters. The Bertz CT molecular complexity index is 674. The Morgan fingerprint density at radius 1 is 1.09 bits per heavy atom. The summed E-state index contributed by atoms with van der Waals surface area (Å²) in [6, 6.07) is 12.4. The van der Waals surface area contributed by atoms with Crippen LogP contribution >= 0.6 is 0 Å². The Labute approximate surface area is 126 Å². The van der Waals surface area contributed by atoms with Crippen molar-refractivity contribution in [2.45, 2.75) is 19.1 Å². The van der Waals surface area contributed by atoms with Crippen LogP contribution in [0, 0.1) is 5.82 Å². The van der Waals surface area contributed by atoms with Gasteiger partial charge in [0.05, 0.1) is 0 Å². The van der Waals surface area contributed by atoms with Crippen molar-refractivity contribution in [2.24, 2.45) is 0 Å². The second-order valence-electron chi connectivity index (χ2n) is 4.83. The second-order valence-corrected chi connectivity index (χ2v) is 4.83. The molecular weight excluding hydrogens is 289 g/mol. The number of hydroxylamine groups is 1. The van der Waals surface area contributed by atoms with E-state index in [-0.39, 0.29) is 5.82 Å². The summed E-state index contributed by atoms with van der Waals surface area (Å²) in [6.45, 7) is 1.73. The number of hydrogen-bond acceptors (Lipinski definition) is 4. The van der Waals surface area contributed by atoms with Crippen LogP contribution in [0.4, 0.5) is 4.39 Å². The van der Waals surface area contributed by atoms with E-state index in [2.05, 4.69) is 5.48 Å². The molecule has 2 atom stereocenters. The van der Waals surface area contributed by atoms with Gasteiger partial charge in [0.25, 0.3) is 5.91 Å². The van der Waals surface area contributed by atoms with Crippen LogP contribution in [0.3, 0.4) is 0 Å². The maximum atomic E-state index is 12.8. The first-order chi connectivity index (χ1) is 10.6. The van der Waals surface area contributed by atoms with Crippen molar-refractivity contribution >= 4 is 5.91 Å². The first-order valence-electron chi connectivity index (χ1n) is 6.78. The molecule has 2 aromatic carbocycles. The molecule has 1 aliphatic rings. The number of amides is 1. The van der Waals surface area contributed by atoms with Crippen LogP contribution in [0.2, 0.25) is 0 Å². The SMILES string of the molecule is CC1Oc2ccccc2OC1C(=O)NOc1ccc(F)cc1. The maximum absolute atomic E-state index is 12.8. The van der Waals surface area contributed by atoms with Crippen LogP contribution in [-0.2, 0) is 4.79 Å². The highest BCUT2D eigenvalue weighted by atomic mass is 19.1. The van der Waals surface area contributed by atoms with Gasteiger partial charge in [0.15, 0.2) is 17.2 Å². The normalized spacial score (nSPS) is 19.4. The van der Waals surface area contributed by atoms with Gasteiger partial charge in [-0.2, -0.15) is 5.48 Å². The minimum atomic E-state index is -0.838. The highest BCUT2D eigenvalue weighted by Gasteiger charge is 2.34. The molecule has 0 aromatic heterocycles. The molecule has 0 bridgehead atoms. The summed E-state index contributed by atoms with van der Waals surface area (Å²) in [7, 11) is 0. The molecule has 1 amide bonds. The molecule has 3 rings (SSSR count). The van der Waals surface area contributed by atoms with Crippen molar-refractivity contribution in [3.63, 3.8) is 0 Å². The number of halogens is 1. The molecule has 1 aliphatic heterocycles. The van der Waals surface area contributed by atoms with Gasteiger partial charge < -0.3 is 14.3 Å². The van der Waals surface area contributed by atoms with Crippen LogP contribution in [0.1, 0.15) is 6.92 Å². The van der Waals surface area contributed by atoms with Crippen molar-refractivity contribution in [3.8, 4) is 17.2 Å². The van der Waals surface area contributed by atoms with Crippen molar-refractivity contribution < 1.29 is 23.5 Å². The topological polar surface area (TPSA) is 56.8 Å². The fourth-order valence-electron chi connectivity index (χ4n) is 2.08. The minimum Gasteiger partial charge on any atom is -0.482 e. The molecule has 0 fully saturated rings. The van der Waals surface area contributed by atoms with Gasteiger partial charge in [-0.3, -0.25) is 4.79 Å². The Hall–Kier alpha value is -2.76. The van der Waals surface area contributed by atoms with Gasteiger partial charge in [0, 0.05) is 0 Å². The van der Waals surface area contributed by atoms with Crippen LogP contribution in [0.15, 0.2) is 48.5 Å². The van der Waals surface area contributed by atoms with Crippen LogP contribution in [0.25, 0.3) is 0 Å². The van der Waals surface area contributed by atoms with Gasteiger partial charge in [-0.1, -0.05) is 12.1 Å². The average Bonchev–Trinajstić information content (AvgIpc) is 2.53. The first-order valence-corrected chi connectivity index (χ1v) is 6.78. The molecule has 22 heavy (non-hydrogen) atoms. The van der Waals surface area contributed by atoms with Crippen molar-refractivity contribution in [1.29, 1.82) is 0 Å². The highest BCUT2D eigenvalue weighted by Crippen LogP contribution is 2.33. The molecule has 0 spiro atoms. The Morgan fingerprint density at radius 2 is 1.73 bits per heavy atom. The number of nitrogens with one attached hydrogen (secondary N) is 1. The Kier molecular flexibility index (Phi) is 3.82. The highest BCUT2D eigenvalue weighted by molar-refractivity contribution is 5.81. The molecule has 1 heterocycles. The lowest BCUT2D eigenvalue weighted by Gasteiger charge is -2.30. The molecule has 114 valence electrons. The van der Waals surface area contributed by atoms with Gasteiger partial charge >= 0.3 is 0 Å². The molecule has 0 aliphatic carbocycles. The summed E-state index contributed by atoms with van der Waals surface area (Å²) in [5.41, 5.74) is 2.28. The lowest BCUT2D eigenvalue weighted by Crippen LogP contribution is -2.49. The van der Waals surface area contributed by atoms with E-state index in [0.717, 1.165) is 0 Å². The third-order valence-electron chi connectivity index (χ3n) is 3.18. The number of fused-ring (bicyclic) bond motifs is 1. The molecular formula is C16H14FNO4. The van der Waals surface area contributed by atoms with Crippen LogP contribution in [-0.4, -0.2) is 18.1 Å². The fraction of sp³-hybridized carbons (Fsp3) is 0.188. The van der Waals surface area contributed by atoms with Gasteiger partial charge in [0.1, 0.15) is 11.9 Å². The second kappa shape index (κ2) is 5.93. The fourth-order valence-corrected chi connectivity index (χ4v) is 2.08. The Morgan fingerprint density at radius 3 is 2.41 bits per heavy atom. The smallest absolute Gasteiger partial charge is 0.297 e. The Balaban J connectivity index is 1.64. The lowest BCUT2D eigenvalue weighted by molar-refractivity contribution is -0.140. The first kappa shape index (κ1) is 14.2. The number of benzene rings is 2. The predicted molar refractivity (Wildman–Crippen MR) is 76.1 cm³/mol. The molecule has 0 radical (unpaired) electrons. The van der Waals surface area contributed by atoms with E-state index in [4.69, 9.17) is 14.3 Å². The van der Waals surface area contributed by atoms with Gasteiger partial charge in [0.2, 0.25) is 6.10 Å². The summed E-state index contributed by atoms with van der Waals surface area (Å²) in [5.74, 6) is 0.555. The molecule has 0 saturated carbocycles. The average molecular weight is 303 g/mol. The van der Waals surface area contributed by atoms with E-state index in [1.54, 1.807) is 25.1 Å². The summed E-state index contributed by atoms with van der Waals surface area (Å²) in [6.07, 6.45) is -1.30. The number of ether oxygens (including phenoxy) is 2. The number of carbonyl (C=O) groups is 1. The summed E-state index contributed by atoms with van der Waals surface area (Å²) >= 11 is 0. The molecule has 1 N–H and O–H groups in total. The summed E-state index contributed by atoms with van der Waals surface area (Å²) < 4.78 is 24.1. The van der Waals surface area contributed by atoms with Crippen molar-refractivity contribution in [2.75, 3.05) is 0 Å². The number of para-hydroxylation sites is 2. The van der Waals surface area contributed by atoms with E-state index < -0.39 is 18.1 Å².